The average molecular weight is 332 g/mol. The summed E-state index contributed by atoms with van der Waals surface area (Å²) in [5.74, 6) is 0. The van der Waals surface area contributed by atoms with Gasteiger partial charge in [0.25, 0.3) is 0 Å². The molecule has 1 unspecified atom stereocenters. The molecule has 0 saturated heterocycles. The smallest absolute Gasteiger partial charge is 0.0616 e. The molecule has 1 atom stereocenters. The number of hydrogen-bond acceptors (Lipinski definition) is 2. The van der Waals surface area contributed by atoms with Crippen molar-refractivity contribution in [3.8, 4) is 0 Å². The molecule has 0 amide bonds. The predicted octanol–water partition coefficient (Wildman–Crippen LogP) is 4.93. The minimum atomic E-state index is -2.43. The van der Waals surface area contributed by atoms with Gasteiger partial charge in [-0.25, -0.2) is 0 Å². The summed E-state index contributed by atoms with van der Waals surface area (Å²) in [6.45, 7) is 0. The van der Waals surface area contributed by atoms with E-state index in [2.05, 4.69) is 0 Å². The highest BCUT2D eigenvalue weighted by Gasteiger charge is 2.15. The molecule has 0 fully saturated rings. The molecule has 0 aliphatic rings. The molecule has 0 aliphatic heterocycles. The van der Waals surface area contributed by atoms with Crippen molar-refractivity contribution in [2.45, 2.75) is 0 Å². The number of anilines is 2. The van der Waals surface area contributed by atoms with Crippen LogP contribution in [0.15, 0.2) is 84.9 Å². The second kappa shape index (κ2) is 6.07. The van der Waals surface area contributed by atoms with Crippen LogP contribution in [0.25, 0.3) is 21.5 Å². The van der Waals surface area contributed by atoms with Crippen molar-refractivity contribution < 1.29 is 8.76 Å². The SMILES string of the molecule is O=S([O-])N(c1cccc2ccccc12)c1cccc2ccccc12. The van der Waals surface area contributed by atoms with E-state index in [1.54, 1.807) is 0 Å². The minimum Gasteiger partial charge on any atom is -0.755 e. The first-order valence-electron chi connectivity index (χ1n) is 7.61. The Balaban J connectivity index is 2.02. The first-order valence-corrected chi connectivity index (χ1v) is 8.64. The normalized spacial score (nSPS) is 12.4. The second-order valence-electron chi connectivity index (χ2n) is 5.51. The zero-order chi connectivity index (χ0) is 16.5. The van der Waals surface area contributed by atoms with Crippen LogP contribution in [0.5, 0.6) is 0 Å². The number of benzene rings is 4. The summed E-state index contributed by atoms with van der Waals surface area (Å²) < 4.78 is 25.6. The Hall–Kier alpha value is -2.69. The van der Waals surface area contributed by atoms with Gasteiger partial charge in [0, 0.05) is 10.8 Å². The highest BCUT2D eigenvalue weighted by atomic mass is 32.2. The Morgan fingerprint density at radius 2 is 1.04 bits per heavy atom. The van der Waals surface area contributed by atoms with Gasteiger partial charge in [0.1, 0.15) is 0 Å². The molecule has 4 aromatic carbocycles. The lowest BCUT2D eigenvalue weighted by Crippen LogP contribution is -2.20. The third-order valence-electron chi connectivity index (χ3n) is 4.12. The molecule has 0 heterocycles. The summed E-state index contributed by atoms with van der Waals surface area (Å²) in [6.07, 6.45) is 0. The molecular weight excluding hydrogens is 318 g/mol. The van der Waals surface area contributed by atoms with Gasteiger partial charge in [0.2, 0.25) is 0 Å². The van der Waals surface area contributed by atoms with Crippen LogP contribution < -0.4 is 4.31 Å². The summed E-state index contributed by atoms with van der Waals surface area (Å²) in [6, 6.07) is 27.0. The van der Waals surface area contributed by atoms with Crippen molar-refractivity contribution in [3.63, 3.8) is 0 Å². The van der Waals surface area contributed by atoms with Crippen LogP contribution in [0.1, 0.15) is 0 Å². The van der Waals surface area contributed by atoms with Crippen molar-refractivity contribution in [2.24, 2.45) is 0 Å². The van der Waals surface area contributed by atoms with Gasteiger partial charge in [-0.3, -0.25) is 8.51 Å². The molecule has 118 valence electrons. The first kappa shape index (κ1) is 14.9. The van der Waals surface area contributed by atoms with Crippen LogP contribution in [0.4, 0.5) is 11.4 Å². The van der Waals surface area contributed by atoms with Gasteiger partial charge < -0.3 is 4.55 Å². The number of fused-ring (bicyclic) bond motifs is 2. The first-order chi connectivity index (χ1) is 11.8. The standard InChI is InChI=1S/C20H15NO2S/c22-24(23)21(19-13-5-9-15-7-1-3-11-17(15)19)20-14-6-10-16-8-2-4-12-18(16)20/h1-14H,(H,22,23)/p-1. The van der Waals surface area contributed by atoms with Crippen molar-refractivity contribution in [1.82, 2.24) is 0 Å². The van der Waals surface area contributed by atoms with Gasteiger partial charge in [-0.1, -0.05) is 72.8 Å². The van der Waals surface area contributed by atoms with Gasteiger partial charge in [-0.2, -0.15) is 0 Å². The maximum Gasteiger partial charge on any atom is 0.0616 e. The van der Waals surface area contributed by atoms with Crippen LogP contribution in [0.3, 0.4) is 0 Å². The molecule has 0 aliphatic carbocycles. The fourth-order valence-electron chi connectivity index (χ4n) is 3.06. The van der Waals surface area contributed by atoms with E-state index in [1.165, 1.54) is 4.31 Å². The molecule has 3 nitrogen and oxygen atoms in total. The number of nitrogens with zero attached hydrogens (tertiary/aromatic N) is 1. The quantitative estimate of drug-likeness (QED) is 0.500. The van der Waals surface area contributed by atoms with Crippen molar-refractivity contribution in [2.75, 3.05) is 4.31 Å². The predicted molar refractivity (Wildman–Crippen MR) is 99.0 cm³/mol. The molecule has 0 N–H and O–H groups in total. The second-order valence-corrected chi connectivity index (χ2v) is 6.31. The van der Waals surface area contributed by atoms with Crippen molar-refractivity contribution in [3.05, 3.63) is 84.9 Å². The Kier molecular flexibility index (Phi) is 3.76. The lowest BCUT2D eigenvalue weighted by Gasteiger charge is -2.28. The van der Waals surface area contributed by atoms with E-state index in [0.29, 0.717) is 11.4 Å². The number of hydrogen-bond donors (Lipinski definition) is 0. The maximum absolute atomic E-state index is 12.1. The van der Waals surface area contributed by atoms with E-state index >= 15 is 0 Å². The Morgan fingerprint density at radius 3 is 1.50 bits per heavy atom. The van der Waals surface area contributed by atoms with Gasteiger partial charge in [0.05, 0.1) is 22.6 Å². The molecule has 0 bridgehead atoms. The summed E-state index contributed by atoms with van der Waals surface area (Å²) in [7, 11) is 0. The molecule has 0 radical (unpaired) electrons. The molecule has 4 heteroatoms. The third-order valence-corrected chi connectivity index (χ3v) is 4.81. The monoisotopic (exact) mass is 332 g/mol. The maximum atomic E-state index is 12.1. The van der Waals surface area contributed by atoms with Crippen LogP contribution in [-0.4, -0.2) is 8.76 Å². The average Bonchev–Trinajstić information content (AvgIpc) is 2.62. The fraction of sp³-hybridized carbons (Fsp3) is 0. The summed E-state index contributed by atoms with van der Waals surface area (Å²) in [5, 5.41) is 3.81. The summed E-state index contributed by atoms with van der Waals surface area (Å²) in [4.78, 5) is 0. The van der Waals surface area contributed by atoms with Gasteiger partial charge in [0.15, 0.2) is 0 Å². The van der Waals surface area contributed by atoms with Crippen LogP contribution in [0, 0.1) is 0 Å². The molecule has 4 rings (SSSR count). The Bertz CT molecular complexity index is 972. The van der Waals surface area contributed by atoms with Gasteiger partial charge >= 0.3 is 0 Å². The van der Waals surface area contributed by atoms with E-state index in [0.717, 1.165) is 21.5 Å². The largest absolute Gasteiger partial charge is 0.755 e. The summed E-state index contributed by atoms with van der Waals surface area (Å²) >= 11 is -2.43. The van der Waals surface area contributed by atoms with Crippen molar-refractivity contribution in [1.29, 1.82) is 0 Å². The lowest BCUT2D eigenvalue weighted by molar-refractivity contribution is 0.537. The molecule has 0 aromatic heterocycles. The fourth-order valence-corrected chi connectivity index (χ4v) is 3.70. The van der Waals surface area contributed by atoms with Crippen LogP contribution >= 0.6 is 0 Å². The lowest BCUT2D eigenvalue weighted by atomic mass is 10.1. The molecular formula is C20H14NO2S-. The highest BCUT2D eigenvalue weighted by molar-refractivity contribution is 7.81. The minimum absolute atomic E-state index is 0.651. The van der Waals surface area contributed by atoms with E-state index in [1.807, 2.05) is 84.9 Å². The Morgan fingerprint density at radius 1 is 0.625 bits per heavy atom. The van der Waals surface area contributed by atoms with E-state index in [4.69, 9.17) is 0 Å². The summed E-state index contributed by atoms with van der Waals surface area (Å²) in [5.41, 5.74) is 1.30. The molecule has 0 spiro atoms. The van der Waals surface area contributed by atoms with Crippen LogP contribution in [0.2, 0.25) is 0 Å². The topological polar surface area (TPSA) is 43.4 Å². The van der Waals surface area contributed by atoms with Crippen LogP contribution in [-0.2, 0) is 11.3 Å². The van der Waals surface area contributed by atoms with Crippen molar-refractivity contribution >= 4 is 44.2 Å². The molecule has 0 saturated carbocycles. The van der Waals surface area contributed by atoms with Gasteiger partial charge in [-0.05, 0) is 22.9 Å². The molecule has 24 heavy (non-hydrogen) atoms. The Labute approximate surface area is 142 Å². The number of rotatable bonds is 3. The zero-order valence-electron chi connectivity index (χ0n) is 12.8. The zero-order valence-corrected chi connectivity index (χ0v) is 13.6. The van der Waals surface area contributed by atoms with Gasteiger partial charge in [-0.15, -0.1) is 0 Å². The third kappa shape index (κ3) is 2.46. The van der Waals surface area contributed by atoms with E-state index in [-0.39, 0.29) is 0 Å². The van der Waals surface area contributed by atoms with E-state index in [9.17, 15) is 8.76 Å². The highest BCUT2D eigenvalue weighted by Crippen LogP contribution is 2.36. The molecule has 4 aromatic rings. The van der Waals surface area contributed by atoms with E-state index < -0.39 is 11.3 Å².